The monoisotopic (exact) mass is 363 g/mol. The van der Waals surface area contributed by atoms with Gasteiger partial charge in [-0.05, 0) is 44.2 Å². The summed E-state index contributed by atoms with van der Waals surface area (Å²) in [6, 6.07) is 4.54. The predicted octanol–water partition coefficient (Wildman–Crippen LogP) is 4.15. The van der Waals surface area contributed by atoms with Crippen molar-refractivity contribution in [2.45, 2.75) is 64.0 Å². The maximum atomic E-state index is 6.10. The largest absolute Gasteiger partial charge is 0.399 e. The van der Waals surface area contributed by atoms with Crippen molar-refractivity contribution in [3.63, 3.8) is 0 Å². The Kier molecular flexibility index (Phi) is 5.12. The van der Waals surface area contributed by atoms with Crippen molar-refractivity contribution in [3.05, 3.63) is 41.4 Å². The van der Waals surface area contributed by atoms with Gasteiger partial charge in [0.2, 0.25) is 0 Å². The maximum Gasteiger partial charge on any atom is 0.0759 e. The van der Waals surface area contributed by atoms with Crippen LogP contribution in [-0.2, 0) is 6.42 Å². The average Bonchev–Trinajstić information content (AvgIpc) is 3.07. The Morgan fingerprint density at radius 1 is 1.19 bits per heavy atom. The molecule has 0 amide bonds. The number of aromatic nitrogens is 2. The first-order chi connectivity index (χ1) is 13.1. The van der Waals surface area contributed by atoms with Crippen molar-refractivity contribution in [1.82, 2.24) is 9.97 Å². The predicted molar refractivity (Wildman–Crippen MR) is 112 cm³/mol. The van der Waals surface area contributed by atoms with Crippen LogP contribution in [0.3, 0.4) is 0 Å². The topological polar surface area (TPSA) is 89.8 Å². The second-order valence-corrected chi connectivity index (χ2v) is 7.87. The molecule has 0 aromatic carbocycles. The van der Waals surface area contributed by atoms with Gasteiger partial charge in [0.1, 0.15) is 0 Å². The Labute approximate surface area is 161 Å². The summed E-state index contributed by atoms with van der Waals surface area (Å²) in [7, 11) is 0. The molecular formula is C22H29N5. The van der Waals surface area contributed by atoms with Gasteiger partial charge in [0.05, 0.1) is 17.1 Å². The number of rotatable bonds is 5. The van der Waals surface area contributed by atoms with E-state index in [0.29, 0.717) is 12.1 Å². The molecule has 5 nitrogen and oxygen atoms in total. The fourth-order valence-electron chi connectivity index (χ4n) is 4.23. The van der Waals surface area contributed by atoms with Crippen LogP contribution in [-0.4, -0.2) is 22.1 Å². The summed E-state index contributed by atoms with van der Waals surface area (Å²) >= 11 is 0. The van der Waals surface area contributed by atoms with Crippen LogP contribution >= 0.6 is 0 Å². The van der Waals surface area contributed by atoms with Crippen LogP contribution in [0.1, 0.15) is 56.7 Å². The van der Waals surface area contributed by atoms with Gasteiger partial charge in [-0.15, -0.1) is 0 Å². The van der Waals surface area contributed by atoms with E-state index >= 15 is 0 Å². The van der Waals surface area contributed by atoms with E-state index in [-0.39, 0.29) is 0 Å². The van der Waals surface area contributed by atoms with Gasteiger partial charge in [0.15, 0.2) is 0 Å². The molecular weight excluding hydrogens is 334 g/mol. The SMILES string of the molecule is CCCC1=Cc2c(ncc(-c3cc(N)ccn3)c2NC2CCC(N)CC2)C1. The van der Waals surface area contributed by atoms with Crippen molar-refractivity contribution in [1.29, 1.82) is 0 Å². The molecule has 0 radical (unpaired) electrons. The molecule has 0 spiro atoms. The molecule has 27 heavy (non-hydrogen) atoms. The fourth-order valence-corrected chi connectivity index (χ4v) is 4.23. The van der Waals surface area contributed by atoms with E-state index in [2.05, 4.69) is 23.3 Å². The highest BCUT2D eigenvalue weighted by molar-refractivity contribution is 5.86. The van der Waals surface area contributed by atoms with Gasteiger partial charge >= 0.3 is 0 Å². The minimum atomic E-state index is 0.345. The molecule has 4 rings (SSSR count). The Balaban J connectivity index is 1.74. The van der Waals surface area contributed by atoms with Crippen molar-refractivity contribution in [3.8, 4) is 11.3 Å². The molecule has 1 fully saturated rings. The van der Waals surface area contributed by atoms with Gasteiger partial charge < -0.3 is 16.8 Å². The molecule has 2 aliphatic rings. The number of nitrogens with one attached hydrogen (secondary N) is 1. The Morgan fingerprint density at radius 2 is 2.00 bits per heavy atom. The van der Waals surface area contributed by atoms with Crippen LogP contribution in [0.2, 0.25) is 0 Å². The first-order valence-electron chi connectivity index (χ1n) is 10.1. The lowest BCUT2D eigenvalue weighted by atomic mass is 9.91. The smallest absolute Gasteiger partial charge is 0.0759 e. The van der Waals surface area contributed by atoms with E-state index < -0.39 is 0 Å². The molecule has 0 aliphatic heterocycles. The third kappa shape index (κ3) is 3.83. The number of nitrogen functional groups attached to an aromatic ring is 1. The van der Waals surface area contributed by atoms with Crippen molar-refractivity contribution >= 4 is 17.5 Å². The van der Waals surface area contributed by atoms with Crippen LogP contribution in [0.4, 0.5) is 11.4 Å². The summed E-state index contributed by atoms with van der Waals surface area (Å²) in [6.45, 7) is 2.23. The minimum absolute atomic E-state index is 0.345. The number of nitrogens with zero attached hydrogens (tertiary/aromatic N) is 2. The summed E-state index contributed by atoms with van der Waals surface area (Å²) in [6.07, 6.45) is 13.7. The second kappa shape index (κ2) is 7.69. The van der Waals surface area contributed by atoms with E-state index in [1.165, 1.54) is 16.8 Å². The van der Waals surface area contributed by atoms with Crippen molar-refractivity contribution < 1.29 is 0 Å². The summed E-state index contributed by atoms with van der Waals surface area (Å²) in [5.74, 6) is 0. The molecule has 142 valence electrons. The summed E-state index contributed by atoms with van der Waals surface area (Å²) in [4.78, 5) is 9.33. The van der Waals surface area contributed by atoms with Crippen LogP contribution in [0, 0.1) is 0 Å². The number of anilines is 2. The zero-order valence-electron chi connectivity index (χ0n) is 16.0. The van der Waals surface area contributed by atoms with Gasteiger partial charge in [0.25, 0.3) is 0 Å². The van der Waals surface area contributed by atoms with Gasteiger partial charge in [-0.25, -0.2) is 0 Å². The van der Waals surface area contributed by atoms with E-state index in [1.54, 1.807) is 6.20 Å². The first-order valence-corrected chi connectivity index (χ1v) is 10.1. The second-order valence-electron chi connectivity index (χ2n) is 7.87. The molecule has 2 aliphatic carbocycles. The molecule has 0 atom stereocenters. The van der Waals surface area contributed by atoms with Crippen LogP contribution in [0.15, 0.2) is 30.1 Å². The number of nitrogens with two attached hydrogens (primary N) is 2. The van der Waals surface area contributed by atoms with Crippen LogP contribution in [0.25, 0.3) is 17.3 Å². The quantitative estimate of drug-likeness (QED) is 0.742. The molecule has 2 aromatic rings. The number of hydrogen-bond donors (Lipinski definition) is 3. The lowest BCUT2D eigenvalue weighted by molar-refractivity contribution is 0.411. The standard InChI is InChI=1S/C22H29N5/c1-2-3-14-10-18-20(11-14)26-13-19(21-12-16(24)8-9-25-21)22(18)27-17-6-4-15(23)5-7-17/h8-10,12-13,15,17H,2-7,11,23H2,1H3,(H2,24,25)(H,26,27). The Morgan fingerprint density at radius 3 is 2.74 bits per heavy atom. The molecule has 0 unspecified atom stereocenters. The molecule has 5 N–H and O–H groups in total. The van der Waals surface area contributed by atoms with Gasteiger partial charge in [-0.2, -0.15) is 0 Å². The van der Waals surface area contributed by atoms with E-state index in [4.69, 9.17) is 16.5 Å². The van der Waals surface area contributed by atoms with E-state index in [0.717, 1.165) is 67.6 Å². The number of pyridine rings is 2. The average molecular weight is 364 g/mol. The van der Waals surface area contributed by atoms with Crippen LogP contribution < -0.4 is 16.8 Å². The Bertz CT molecular complexity index is 850. The lowest BCUT2D eigenvalue weighted by Crippen LogP contribution is -2.33. The number of fused-ring (bicyclic) bond motifs is 1. The third-order valence-corrected chi connectivity index (χ3v) is 5.69. The summed E-state index contributed by atoms with van der Waals surface area (Å²) < 4.78 is 0. The normalized spacial score (nSPS) is 21.6. The van der Waals surface area contributed by atoms with Gasteiger partial charge in [-0.1, -0.05) is 25.0 Å². The minimum Gasteiger partial charge on any atom is -0.399 e. The highest BCUT2D eigenvalue weighted by Crippen LogP contribution is 2.39. The highest BCUT2D eigenvalue weighted by Gasteiger charge is 2.25. The summed E-state index contributed by atoms with van der Waals surface area (Å²) in [5.41, 5.74) is 19.8. The van der Waals surface area contributed by atoms with Gasteiger partial charge in [-0.3, -0.25) is 9.97 Å². The zero-order valence-corrected chi connectivity index (χ0v) is 16.0. The maximum absolute atomic E-state index is 6.10. The summed E-state index contributed by atoms with van der Waals surface area (Å²) in [5, 5.41) is 3.83. The van der Waals surface area contributed by atoms with Crippen LogP contribution in [0.5, 0.6) is 0 Å². The molecule has 0 bridgehead atoms. The van der Waals surface area contributed by atoms with Gasteiger partial charge in [0, 0.05) is 47.7 Å². The first kappa shape index (κ1) is 18.0. The van der Waals surface area contributed by atoms with Crippen molar-refractivity contribution in [2.24, 2.45) is 5.73 Å². The fraction of sp³-hybridized carbons (Fsp3) is 0.455. The van der Waals surface area contributed by atoms with E-state index in [1.807, 2.05) is 18.3 Å². The zero-order chi connectivity index (χ0) is 18.8. The molecule has 2 heterocycles. The van der Waals surface area contributed by atoms with E-state index in [9.17, 15) is 0 Å². The molecule has 2 aromatic heterocycles. The number of hydrogen-bond acceptors (Lipinski definition) is 5. The lowest BCUT2D eigenvalue weighted by Gasteiger charge is -2.29. The molecule has 0 saturated heterocycles. The Hall–Kier alpha value is -2.40. The highest BCUT2D eigenvalue weighted by atomic mass is 14.9. The third-order valence-electron chi connectivity index (χ3n) is 5.69. The van der Waals surface area contributed by atoms with Crippen molar-refractivity contribution in [2.75, 3.05) is 11.1 Å². The molecule has 5 heteroatoms. The molecule has 1 saturated carbocycles. The number of allylic oxidation sites excluding steroid dienone is 1.